The van der Waals surface area contributed by atoms with E-state index in [0.717, 1.165) is 18.2 Å². The van der Waals surface area contributed by atoms with Crippen LogP contribution in [0.3, 0.4) is 0 Å². The number of thioether (sulfide) groups is 1. The van der Waals surface area contributed by atoms with Crippen LogP contribution < -0.4 is 57.1 Å². The first-order valence-electron chi connectivity index (χ1n) is 3.50. The molecule has 7 heteroatoms. The van der Waals surface area contributed by atoms with E-state index in [2.05, 4.69) is 0 Å². The van der Waals surface area contributed by atoms with Crippen molar-refractivity contribution in [1.82, 2.24) is 0 Å². The number of nitrogens with two attached hydrogens (primary N) is 1. The van der Waals surface area contributed by atoms with E-state index in [1.165, 1.54) is 0 Å². The van der Waals surface area contributed by atoms with Crippen LogP contribution in [0.15, 0.2) is 0 Å². The van der Waals surface area contributed by atoms with Gasteiger partial charge >= 0.3 is 58.4 Å². The maximum atomic E-state index is 11.6. The van der Waals surface area contributed by atoms with Crippen LogP contribution in [0, 0.1) is 0 Å². The van der Waals surface area contributed by atoms with Crippen LogP contribution in [-0.4, -0.2) is 24.4 Å². The first kappa shape index (κ1) is 16.2. The van der Waals surface area contributed by atoms with Gasteiger partial charge in [0.25, 0.3) is 0 Å². The van der Waals surface area contributed by atoms with E-state index in [-0.39, 0.29) is 57.4 Å². The Morgan fingerprint density at radius 3 is 2.25 bits per heavy atom. The third kappa shape index (κ3) is 11.8. The monoisotopic (exact) mass is 225 g/mol. The van der Waals surface area contributed by atoms with E-state index in [1.807, 2.05) is 6.92 Å². The first-order valence-corrected chi connectivity index (χ1v) is 4.65. The molecular weight excluding hydrogens is 213 g/mol. The van der Waals surface area contributed by atoms with E-state index >= 15 is 0 Å². The van der Waals surface area contributed by atoms with Gasteiger partial charge in [-0.05, 0) is 12.1 Å². The van der Waals surface area contributed by atoms with Crippen LogP contribution in [0.4, 0.5) is 12.9 Å². The van der Waals surface area contributed by atoms with Gasteiger partial charge < -0.3 is 18.7 Å². The topological polar surface area (TPSA) is 26.0 Å². The van der Waals surface area contributed by atoms with E-state index in [0.29, 0.717) is 5.75 Å². The largest absolute Gasteiger partial charge is 1.00 e. The van der Waals surface area contributed by atoms with E-state index in [4.69, 9.17) is 5.73 Å². The van der Waals surface area contributed by atoms with Gasteiger partial charge in [-0.3, -0.25) is 0 Å². The summed E-state index contributed by atoms with van der Waals surface area (Å²) in [5.41, 5.74) is 4.69. The number of hydrogen-bond acceptors (Lipinski definition) is 2. The van der Waals surface area contributed by atoms with Gasteiger partial charge in [0.05, 0.1) is 0 Å². The van der Waals surface area contributed by atoms with Gasteiger partial charge in [-0.25, -0.2) is 0 Å². The van der Waals surface area contributed by atoms with E-state index in [1.54, 1.807) is 0 Å². The average Bonchev–Trinajstić information content (AvgIpc) is 1.85. The molecule has 0 saturated carbocycles. The van der Waals surface area contributed by atoms with Crippen LogP contribution in [0.5, 0.6) is 0 Å². The van der Waals surface area contributed by atoms with E-state index in [9.17, 15) is 12.9 Å². The molecule has 0 saturated heterocycles. The van der Waals surface area contributed by atoms with Crippen molar-refractivity contribution in [3.63, 3.8) is 0 Å². The fourth-order valence-corrected chi connectivity index (χ4v) is 1.41. The Balaban J connectivity index is 0. The van der Waals surface area contributed by atoms with Crippen LogP contribution in [0.25, 0.3) is 0 Å². The summed E-state index contributed by atoms with van der Waals surface area (Å²) >= 11 is 0.871. The molecule has 0 aliphatic carbocycles. The number of hydrogen-bond donors (Lipinski definition) is 1. The summed E-state index contributed by atoms with van der Waals surface area (Å²) in [6.07, 6.45) is 0.734. The molecule has 0 heterocycles. The summed E-state index contributed by atoms with van der Waals surface area (Å²) in [5, 5.41) is 0. The summed E-state index contributed by atoms with van der Waals surface area (Å²) < 4.78 is 34.8. The van der Waals surface area contributed by atoms with Crippen LogP contribution in [-0.2, 0) is 0 Å². The second-order valence-corrected chi connectivity index (χ2v) is 3.49. The van der Waals surface area contributed by atoms with Crippen LogP contribution >= 0.6 is 11.8 Å². The van der Waals surface area contributed by atoms with Gasteiger partial charge in [-0.2, -0.15) is 11.8 Å². The predicted octanol–water partition coefficient (Wildman–Crippen LogP) is -1.15. The van der Waals surface area contributed by atoms with Crippen LogP contribution in [0.2, 0.25) is 0 Å². The molecule has 0 radical (unpaired) electrons. The maximum Gasteiger partial charge on any atom is 1.00 e. The Hall–Kier alpha value is 1.80. The molecule has 0 aromatic heterocycles. The molecule has 0 spiro atoms. The Morgan fingerprint density at radius 2 is 1.92 bits per heavy atom. The Morgan fingerprint density at radius 1 is 1.42 bits per heavy atom. The quantitative estimate of drug-likeness (QED) is 0.598. The number of rotatable bonds is 5. The van der Waals surface area contributed by atoms with Crippen LogP contribution in [0.1, 0.15) is 13.3 Å². The van der Waals surface area contributed by atoms with Crippen molar-refractivity contribution in [2.75, 3.05) is 11.4 Å². The zero-order chi connectivity index (χ0) is 8.91. The Bertz CT molecular complexity index is 113. The molecule has 0 aliphatic heterocycles. The molecule has 0 amide bonds. The molecule has 1 atom stereocenters. The molecule has 12 heavy (non-hydrogen) atoms. The maximum absolute atomic E-state index is 11.6. The van der Waals surface area contributed by atoms with Crippen molar-refractivity contribution < 1.29 is 64.3 Å². The molecule has 1 nitrogen and oxygen atoms in total. The Labute approximate surface area is 118 Å². The van der Waals surface area contributed by atoms with Crippen molar-refractivity contribution >= 4 is 18.7 Å². The molecule has 68 valence electrons. The first-order chi connectivity index (χ1) is 4.95. The van der Waals surface area contributed by atoms with Gasteiger partial charge in [0.1, 0.15) is 0 Å². The molecule has 0 aromatic rings. The third-order valence-electron chi connectivity index (χ3n) is 1.16. The second-order valence-electron chi connectivity index (χ2n) is 2.42. The molecule has 1 unspecified atom stereocenters. The van der Waals surface area contributed by atoms with Gasteiger partial charge in [0.2, 0.25) is 0 Å². The zero-order valence-corrected chi connectivity index (χ0v) is 11.3. The standard InChI is InChI=1S/C5H12BF3NS.K/c1-2-5(10)3-11-4-6(7,8)9;/h5H,2-4,10H2,1H3;/q-1;+1. The fraction of sp³-hybridized carbons (Fsp3) is 1.00. The summed E-state index contributed by atoms with van der Waals surface area (Å²) in [6, 6.07) is -0.0989. The van der Waals surface area contributed by atoms with Crippen molar-refractivity contribution in [1.29, 1.82) is 0 Å². The molecular formula is C5H12BF3KNS. The molecule has 0 aromatic carbocycles. The van der Waals surface area contributed by atoms with Crippen molar-refractivity contribution in [2.24, 2.45) is 5.73 Å². The fourth-order valence-electron chi connectivity index (χ4n) is 0.471. The molecule has 0 bridgehead atoms. The number of halogens is 3. The van der Waals surface area contributed by atoms with Gasteiger partial charge in [0.15, 0.2) is 0 Å². The summed E-state index contributed by atoms with van der Waals surface area (Å²) in [6.45, 7) is -2.76. The minimum Gasteiger partial charge on any atom is -0.448 e. The molecule has 2 N–H and O–H groups in total. The molecule has 0 aliphatic rings. The summed E-state index contributed by atoms with van der Waals surface area (Å²) in [4.78, 5) is 0. The third-order valence-corrected chi connectivity index (χ3v) is 2.44. The summed E-state index contributed by atoms with van der Waals surface area (Å²) in [7, 11) is 0. The summed E-state index contributed by atoms with van der Waals surface area (Å²) in [5.74, 6) is 0.401. The predicted molar refractivity (Wildman–Crippen MR) is 44.7 cm³/mol. The van der Waals surface area contributed by atoms with E-state index < -0.39 is 12.6 Å². The van der Waals surface area contributed by atoms with Crippen molar-refractivity contribution in [3.05, 3.63) is 0 Å². The minimum absolute atomic E-state index is 0. The average molecular weight is 225 g/mol. The van der Waals surface area contributed by atoms with Crippen molar-refractivity contribution in [2.45, 2.75) is 19.4 Å². The molecule has 0 rings (SSSR count). The van der Waals surface area contributed by atoms with Gasteiger partial charge in [0, 0.05) is 11.8 Å². The van der Waals surface area contributed by atoms with Crippen molar-refractivity contribution in [3.8, 4) is 0 Å². The molecule has 0 fully saturated rings. The van der Waals surface area contributed by atoms with Gasteiger partial charge in [-0.1, -0.05) is 6.92 Å². The smallest absolute Gasteiger partial charge is 0.448 e. The Kier molecular flexibility index (Phi) is 11.0. The SMILES string of the molecule is CCC(N)CSC[B-](F)(F)F.[K+]. The minimum atomic E-state index is -4.63. The van der Waals surface area contributed by atoms with Gasteiger partial charge in [-0.15, -0.1) is 0 Å². The normalized spacial score (nSPS) is 13.8. The second kappa shape index (κ2) is 8.14. The zero-order valence-electron chi connectivity index (χ0n) is 7.40.